The first-order valence-electron chi connectivity index (χ1n) is 28.5. The fraction of sp³-hybridized carbons (Fsp3) is 0.211. The number of fused-ring (bicyclic) bond motifs is 4. The van der Waals surface area contributed by atoms with Gasteiger partial charge >= 0.3 is 135 Å². The van der Waals surface area contributed by atoms with Crippen molar-refractivity contribution >= 4 is 54.0 Å². The Hall–Kier alpha value is -5.02. The zero-order valence-corrected chi connectivity index (χ0v) is 58.6. The van der Waals surface area contributed by atoms with Crippen LogP contribution in [0.1, 0.15) is 77.6 Å². The summed E-state index contributed by atoms with van der Waals surface area (Å²) in [5, 5.41) is 10.7. The second-order valence-electron chi connectivity index (χ2n) is 22.4. The van der Waals surface area contributed by atoms with Gasteiger partial charge in [-0.05, 0) is 22.3 Å². The van der Waals surface area contributed by atoms with Crippen molar-refractivity contribution in [3.8, 4) is 44.5 Å². The third kappa shape index (κ3) is 19.0. The molecule has 0 aliphatic rings. The van der Waals surface area contributed by atoms with Gasteiger partial charge < -0.3 is 24.8 Å². The number of aryl methyl sites for hydroxylation is 4. The largest absolute Gasteiger partial charge is 1.00 e. The summed E-state index contributed by atoms with van der Waals surface area (Å²) in [5.74, 6) is 0. The Morgan fingerprint density at radius 1 is 0.268 bits per heavy atom. The molecule has 0 amide bonds. The summed E-state index contributed by atoms with van der Waals surface area (Å²) in [4.78, 5) is 0. The molecule has 0 fully saturated rings. The Bertz CT molecular complexity index is 3350. The monoisotopic (exact) mass is 1300 g/mol. The minimum atomic E-state index is 0. The first-order valence-corrected chi connectivity index (χ1v) is 39.2. The van der Waals surface area contributed by atoms with E-state index < -0.39 is 0 Å². The number of hydrogen-bond acceptors (Lipinski definition) is 0. The molecule has 0 aliphatic heterocycles. The standard InChI is InChI=1S/4C16H13.2C6H14Si.2ClH.2Zr/c4*1-12-10-14-8-5-9-15(16(14)11-12)13-6-3-2-4-7-13;2*1-5(2)7-6(3)4;;;;/h4*2-11H,1H3;2*5-6H,1-4H3;2*1H;;/q4*-1;;;;;2*+2/p-2. The predicted molar refractivity (Wildman–Crippen MR) is 351 cm³/mol. The molecular formula is C76H80Cl2Si2Zr2-2. The topological polar surface area (TPSA) is 0 Å². The summed E-state index contributed by atoms with van der Waals surface area (Å²) >= 11 is 3.59. The fourth-order valence-electron chi connectivity index (χ4n) is 10.3. The zero-order chi connectivity index (χ0) is 57.3. The fourth-order valence-corrected chi connectivity index (χ4v) is 13.0. The molecule has 0 bridgehead atoms. The third-order valence-electron chi connectivity index (χ3n) is 14.4. The quantitative estimate of drug-likeness (QED) is 0.105. The number of halogens is 2. The van der Waals surface area contributed by atoms with Crippen LogP contribution in [0.2, 0.25) is 22.2 Å². The van der Waals surface area contributed by atoms with Crippen LogP contribution in [0.5, 0.6) is 0 Å². The summed E-state index contributed by atoms with van der Waals surface area (Å²) in [5.41, 5.74) is 19.9. The van der Waals surface area contributed by atoms with Crippen molar-refractivity contribution in [3.63, 3.8) is 0 Å². The second-order valence-corrected chi connectivity index (χ2v) is 37.3. The van der Waals surface area contributed by atoms with Crippen LogP contribution >= 0.6 is 0 Å². The van der Waals surface area contributed by atoms with Crippen LogP contribution < -0.4 is 24.8 Å². The van der Waals surface area contributed by atoms with Crippen molar-refractivity contribution < 1.29 is 71.5 Å². The van der Waals surface area contributed by atoms with E-state index in [9.17, 15) is 0 Å². The van der Waals surface area contributed by atoms with Gasteiger partial charge in [0, 0.05) is 0 Å². The first kappa shape index (κ1) is 67.8. The third-order valence-corrected chi connectivity index (χ3v) is 36.4. The smallest absolute Gasteiger partial charge is 0.0279 e. The van der Waals surface area contributed by atoms with E-state index in [0.29, 0.717) is 0 Å². The van der Waals surface area contributed by atoms with Gasteiger partial charge in [-0.15, -0.1) is 138 Å². The van der Waals surface area contributed by atoms with E-state index >= 15 is 0 Å². The maximum atomic E-state index is 2.35. The molecule has 0 unspecified atom stereocenters. The van der Waals surface area contributed by atoms with Crippen LogP contribution in [0.15, 0.2) is 243 Å². The SMILES string of the molecule is CC(C)[Si](=[Zr+2])C(C)C.CC(C)[Si](=[Zr+2])C(C)C.Cc1cc2c(-c3ccccc3)cccc2[cH-]1.Cc1cc2c(-c3ccccc3)cccc2[cH-]1.Cc1cc2c(-c3ccccc3)cccc2[cH-]1.Cc1cc2c(-c3ccccc3)cccc2[cH-]1.[Cl-].[Cl-]. The molecular weight excluding hydrogens is 1220 g/mol. The molecule has 12 rings (SSSR count). The Morgan fingerprint density at radius 2 is 0.451 bits per heavy atom. The minimum Gasteiger partial charge on any atom is -1.00 e. The van der Waals surface area contributed by atoms with Crippen molar-refractivity contribution in [2.24, 2.45) is 0 Å². The van der Waals surface area contributed by atoms with Crippen molar-refractivity contribution in [2.45, 2.75) is 105 Å². The number of rotatable bonds is 8. The average molecular weight is 1300 g/mol. The summed E-state index contributed by atoms with van der Waals surface area (Å²) < 4.78 is 0. The van der Waals surface area contributed by atoms with Crippen LogP contribution in [0, 0.1) is 27.7 Å². The molecule has 12 aromatic rings. The Balaban J connectivity index is 0.000000183. The molecule has 6 heteroatoms. The number of hydrogen-bond donors (Lipinski definition) is 0. The van der Waals surface area contributed by atoms with Gasteiger partial charge in [-0.25, -0.2) is 0 Å². The minimum absolute atomic E-state index is 0. The molecule has 0 aromatic heterocycles. The summed E-state index contributed by atoms with van der Waals surface area (Å²) in [7, 11) is 0. The van der Waals surface area contributed by atoms with Crippen molar-refractivity contribution in [2.75, 3.05) is 0 Å². The molecule has 0 aliphatic carbocycles. The van der Waals surface area contributed by atoms with E-state index in [1.807, 2.05) is 0 Å². The van der Waals surface area contributed by atoms with Gasteiger partial charge in [0.05, 0.1) is 0 Å². The zero-order valence-electron chi connectivity index (χ0n) is 50.2. The maximum absolute atomic E-state index is 2.35. The Kier molecular flexibility index (Phi) is 27.7. The Morgan fingerprint density at radius 3 is 0.610 bits per heavy atom. The van der Waals surface area contributed by atoms with Crippen molar-refractivity contribution in [1.29, 1.82) is 0 Å². The van der Waals surface area contributed by atoms with E-state index in [0.717, 1.165) is 22.2 Å². The van der Waals surface area contributed by atoms with Crippen molar-refractivity contribution in [3.05, 3.63) is 265 Å². The van der Waals surface area contributed by atoms with E-state index in [2.05, 4.69) is 326 Å². The molecule has 0 atom stereocenters. The van der Waals surface area contributed by atoms with Gasteiger partial charge in [0.25, 0.3) is 0 Å². The van der Waals surface area contributed by atoms with Crippen molar-refractivity contribution in [1.82, 2.24) is 0 Å². The maximum Gasteiger partial charge on any atom is -0.0279 e. The van der Waals surface area contributed by atoms with E-state index in [1.165, 1.54) is 110 Å². The Labute approximate surface area is 534 Å². The predicted octanol–water partition coefficient (Wildman–Crippen LogP) is 16.8. The molecule has 0 saturated heterocycles. The van der Waals surface area contributed by atoms with Gasteiger partial charge in [-0.1, -0.05) is 196 Å². The molecule has 0 spiro atoms. The molecule has 416 valence electrons. The van der Waals surface area contributed by atoms with E-state index in [4.69, 9.17) is 0 Å². The first-order chi connectivity index (χ1) is 38.5. The van der Waals surface area contributed by atoms with Gasteiger partial charge in [0.2, 0.25) is 0 Å². The van der Waals surface area contributed by atoms with Crippen LogP contribution in [0.4, 0.5) is 0 Å². The van der Waals surface area contributed by atoms with Gasteiger partial charge in [-0.2, -0.15) is 24.3 Å². The molecule has 0 nitrogen and oxygen atoms in total. The summed E-state index contributed by atoms with van der Waals surface area (Å²) in [6.45, 7) is 27.4. The van der Waals surface area contributed by atoms with Crippen LogP contribution in [0.3, 0.4) is 0 Å². The van der Waals surface area contributed by atoms with Gasteiger partial charge in [-0.3, -0.25) is 0 Å². The molecule has 0 heterocycles. The normalized spacial score (nSPS) is 10.6. The number of benzene rings is 8. The molecule has 0 N–H and O–H groups in total. The van der Waals surface area contributed by atoms with Gasteiger partial charge in [0.1, 0.15) is 0 Å². The molecule has 82 heavy (non-hydrogen) atoms. The summed E-state index contributed by atoms with van der Waals surface area (Å²) in [6, 6.07) is 86.2. The van der Waals surface area contributed by atoms with Crippen LogP contribution in [-0.4, -0.2) is 10.9 Å². The molecule has 0 saturated carbocycles. The molecule has 12 aromatic carbocycles. The van der Waals surface area contributed by atoms with Gasteiger partial charge in [0.15, 0.2) is 0 Å². The van der Waals surface area contributed by atoms with Crippen LogP contribution in [-0.2, 0) is 46.7 Å². The second kappa shape index (κ2) is 33.5. The summed E-state index contributed by atoms with van der Waals surface area (Å²) in [6.07, 6.45) is 0. The van der Waals surface area contributed by atoms with Crippen LogP contribution in [0.25, 0.3) is 87.6 Å². The van der Waals surface area contributed by atoms with E-state index in [1.54, 1.807) is 46.7 Å². The van der Waals surface area contributed by atoms with E-state index in [-0.39, 0.29) is 35.7 Å². The molecule has 0 radical (unpaired) electrons. The average Bonchev–Trinajstić information content (AvgIpc) is 4.28.